The summed E-state index contributed by atoms with van der Waals surface area (Å²) >= 11 is 14.3. The number of aromatic hydroxyl groups is 1. The fraction of sp³-hybridized carbons (Fsp3) is 0.455. The van der Waals surface area contributed by atoms with Crippen LogP contribution in [0, 0.1) is 13.8 Å². The number of phenols is 1. The minimum atomic E-state index is -0.278. The zero-order valence-corrected chi connectivity index (χ0v) is 36.4. The third-order valence-corrected chi connectivity index (χ3v) is 2.29. The Morgan fingerprint density at radius 3 is 1.09 bits per heavy atom. The Bertz CT molecular complexity index is 493. The van der Waals surface area contributed by atoms with E-state index in [0.717, 1.165) is 5.75 Å². The molecule has 0 bridgehead atoms. The predicted molar refractivity (Wildman–Crippen MR) is 195 cm³/mol. The van der Waals surface area contributed by atoms with Gasteiger partial charge in [0.15, 0.2) is 0 Å². The minimum absolute atomic E-state index is 0.278. The number of phenolic OH excluding ortho intramolecular Hbond substituents is 1. The first-order valence-corrected chi connectivity index (χ1v) is 34.4. The van der Waals surface area contributed by atoms with Crippen LogP contribution in [-0.4, -0.2) is 17.1 Å². The zero-order valence-electron chi connectivity index (χ0n) is 20.6. The van der Waals surface area contributed by atoms with Crippen molar-refractivity contribution in [1.29, 1.82) is 0 Å². The third kappa shape index (κ3) is 54.5. The fourth-order valence-electron chi connectivity index (χ4n) is 1.22. The van der Waals surface area contributed by atoms with Gasteiger partial charge < -0.3 is 9.84 Å². The van der Waals surface area contributed by atoms with Gasteiger partial charge in [-0.05, 0) is 43.0 Å². The van der Waals surface area contributed by atoms with E-state index in [2.05, 4.69) is 129 Å². The normalized spacial score (nSPS) is 7.16. The molecule has 0 aliphatic rings. The fourth-order valence-corrected chi connectivity index (χ4v) is 1.22. The molecule has 2 nitrogen and oxygen atoms in total. The molecule has 0 spiro atoms. The first kappa shape index (κ1) is 48.6. The molecule has 2 aromatic carbocycles. The van der Waals surface area contributed by atoms with E-state index < -0.39 is 0 Å². The summed E-state index contributed by atoms with van der Waals surface area (Å²) in [5.41, 5.74) is 2.43. The number of aryl methyl sites for hydroxylation is 2. The van der Waals surface area contributed by atoms with Gasteiger partial charge in [0, 0.05) is 0 Å². The molecular weight excluding hydrogens is 1160 g/mol. The summed E-state index contributed by atoms with van der Waals surface area (Å²) in [6, 6.07) is 15.1. The second-order valence-electron chi connectivity index (χ2n) is 4.11. The van der Waals surface area contributed by atoms with Crippen LogP contribution < -0.4 is 4.74 Å². The van der Waals surface area contributed by atoms with Crippen LogP contribution in [0.1, 0.15) is 52.7 Å². The summed E-state index contributed by atoms with van der Waals surface area (Å²) in [4.78, 5) is 1.69. The number of hydrogen-bond donors (Lipinski definition) is 1. The summed E-state index contributed by atoms with van der Waals surface area (Å²) < 4.78 is 4.97. The summed E-state index contributed by atoms with van der Waals surface area (Å²) in [5, 5.41) is 8.76. The number of ether oxygens (including phenoxy) is 1. The summed E-state index contributed by atoms with van der Waals surface area (Å²) in [5.74, 6) is 1.25. The van der Waals surface area contributed by atoms with Crippen LogP contribution in [0.3, 0.4) is 0 Å². The van der Waals surface area contributed by atoms with Crippen LogP contribution in [0.4, 0.5) is 0 Å². The number of halogens is 6. The van der Waals surface area contributed by atoms with Crippen molar-refractivity contribution >= 4 is 122 Å². The standard InChI is InChI=1S/C8H10O.C7H8O.3C2H6.CH3I.5HI.2V/c1-7-3-5-8(9-2)6-4-7;1-6-2-4-7(8)5-3-6;4*1-2;;;;;;;/h3-6H,1-2H3;2-5,8H,1H3;3*1-2H3;1H3;5*1H;;/q;;;;;;;;;;;+2;+3/p-5. The Kier molecular flexibility index (Phi) is 72.6. The number of rotatable bonds is 1. The first-order chi connectivity index (χ1) is 15.3. The Labute approximate surface area is 279 Å². The Balaban J connectivity index is -0.0000000672. The molecule has 0 fully saturated rings. The van der Waals surface area contributed by atoms with Gasteiger partial charge in [-0.25, -0.2) is 0 Å². The van der Waals surface area contributed by atoms with Gasteiger partial charge in [0.1, 0.15) is 11.5 Å². The van der Waals surface area contributed by atoms with E-state index in [1.807, 2.05) is 89.8 Å². The molecule has 2 aromatic rings. The van der Waals surface area contributed by atoms with Crippen LogP contribution >= 0.6 is 122 Å². The molecule has 0 aliphatic heterocycles. The van der Waals surface area contributed by atoms with Crippen LogP contribution in [0.15, 0.2) is 48.5 Å². The van der Waals surface area contributed by atoms with Crippen molar-refractivity contribution in [3.63, 3.8) is 0 Å². The second-order valence-corrected chi connectivity index (χ2v) is 51.3. The molecule has 0 atom stereocenters. The summed E-state index contributed by atoms with van der Waals surface area (Å²) in [6.45, 7) is 16.0. The topological polar surface area (TPSA) is 29.5 Å². The molecule has 0 amide bonds. The average Bonchev–Trinajstić information content (AvgIpc) is 2.82. The van der Waals surface area contributed by atoms with Crippen LogP contribution in [0.25, 0.3) is 0 Å². The number of alkyl halides is 1. The molecule has 2 rings (SSSR count). The van der Waals surface area contributed by atoms with E-state index in [1.54, 1.807) is 19.2 Å². The third-order valence-electron chi connectivity index (χ3n) is 2.29. The van der Waals surface area contributed by atoms with Crippen molar-refractivity contribution in [3.05, 3.63) is 59.7 Å². The number of methoxy groups -OCH3 is 1. The van der Waals surface area contributed by atoms with Crippen molar-refractivity contribution in [3.8, 4) is 11.5 Å². The summed E-state index contributed by atoms with van der Waals surface area (Å²) in [7, 11) is 2.30. The molecule has 10 heteroatoms. The van der Waals surface area contributed by atoms with Gasteiger partial charge in [0.25, 0.3) is 0 Å². The van der Waals surface area contributed by atoms with Crippen molar-refractivity contribution in [1.82, 2.24) is 0 Å². The Hall–Kier alpha value is 3.59. The molecule has 32 heavy (non-hydrogen) atoms. The van der Waals surface area contributed by atoms with Gasteiger partial charge in [0.2, 0.25) is 0 Å². The molecule has 0 saturated heterocycles. The maximum absolute atomic E-state index is 8.76. The SMILES string of the molecule is CC.CC.CC.CI.COc1ccc(C)cc1.Cc1ccc(O)cc1.[I][V]([I])[I].[I][V][I]. The van der Waals surface area contributed by atoms with Gasteiger partial charge in [-0.15, -0.1) is 0 Å². The quantitative estimate of drug-likeness (QED) is 0.228. The van der Waals surface area contributed by atoms with Gasteiger partial charge in [-0.2, -0.15) is 0 Å². The monoisotopic (exact) mass is 1200 g/mol. The van der Waals surface area contributed by atoms with Crippen molar-refractivity contribution in [2.24, 2.45) is 0 Å². The molecule has 1 N–H and O–H groups in total. The van der Waals surface area contributed by atoms with E-state index in [4.69, 9.17) is 9.84 Å². The predicted octanol–water partition coefficient (Wildman–Crippen LogP) is 12.3. The average molecular weight is 1200 g/mol. The Morgan fingerprint density at radius 2 is 0.906 bits per heavy atom. The number of hydrogen-bond acceptors (Lipinski definition) is 2. The van der Waals surface area contributed by atoms with Crippen molar-refractivity contribution in [2.45, 2.75) is 55.4 Å². The van der Waals surface area contributed by atoms with Crippen LogP contribution in [0.5, 0.6) is 11.5 Å². The van der Waals surface area contributed by atoms with Crippen LogP contribution in [0.2, 0.25) is 0 Å². The summed E-state index contributed by atoms with van der Waals surface area (Å²) in [6.07, 6.45) is 0. The number of benzene rings is 2. The second kappa shape index (κ2) is 47.7. The molecular formula is C22H39I6O2V2. The van der Waals surface area contributed by atoms with E-state index in [0.29, 0.717) is 15.2 Å². The van der Waals surface area contributed by atoms with Gasteiger partial charge in [-0.3, -0.25) is 0 Å². The molecule has 0 saturated carbocycles. The molecule has 0 radical (unpaired) electrons. The van der Waals surface area contributed by atoms with Crippen LogP contribution in [-0.2, 0) is 14.4 Å². The van der Waals surface area contributed by atoms with Gasteiger partial charge in [0.05, 0.1) is 7.11 Å². The van der Waals surface area contributed by atoms with Crippen molar-refractivity contribution in [2.75, 3.05) is 12.0 Å². The van der Waals surface area contributed by atoms with Gasteiger partial charge >= 0.3 is 114 Å². The Morgan fingerprint density at radius 1 is 0.688 bits per heavy atom. The van der Waals surface area contributed by atoms with Crippen molar-refractivity contribution < 1.29 is 24.2 Å². The first-order valence-electron chi connectivity index (χ1n) is 9.70. The van der Waals surface area contributed by atoms with E-state index >= 15 is 0 Å². The van der Waals surface area contributed by atoms with Gasteiger partial charge in [-0.1, -0.05) is 99.5 Å². The molecule has 0 aliphatic carbocycles. The molecule has 0 unspecified atom stereocenters. The maximum atomic E-state index is 8.76. The molecule has 0 heterocycles. The van der Waals surface area contributed by atoms with E-state index in [1.165, 1.54) is 11.1 Å². The molecule has 0 aromatic heterocycles. The molecule has 191 valence electrons. The van der Waals surface area contributed by atoms with E-state index in [9.17, 15) is 0 Å². The zero-order chi connectivity index (χ0) is 27.0. The van der Waals surface area contributed by atoms with E-state index in [-0.39, 0.29) is 4.92 Å².